The third kappa shape index (κ3) is 2.64. The molecular formula is C19H26ClN. The first-order chi connectivity index (χ1) is 10.1. The van der Waals surface area contributed by atoms with Crippen molar-refractivity contribution in [2.45, 2.75) is 58.0 Å². The van der Waals surface area contributed by atoms with E-state index in [2.05, 4.69) is 24.4 Å². The van der Waals surface area contributed by atoms with Crippen molar-refractivity contribution in [2.75, 3.05) is 0 Å². The lowest BCUT2D eigenvalue weighted by atomic mass is 9.48. The van der Waals surface area contributed by atoms with Crippen molar-refractivity contribution >= 4 is 11.6 Å². The summed E-state index contributed by atoms with van der Waals surface area (Å²) in [5.74, 6) is 3.11. The van der Waals surface area contributed by atoms with Gasteiger partial charge in [-0.25, -0.2) is 0 Å². The number of nitrogens with one attached hydrogen (secondary N) is 1. The van der Waals surface area contributed by atoms with E-state index >= 15 is 0 Å². The fourth-order valence-corrected chi connectivity index (χ4v) is 5.92. The van der Waals surface area contributed by atoms with Crippen LogP contribution in [0.3, 0.4) is 0 Å². The summed E-state index contributed by atoms with van der Waals surface area (Å²) in [5.41, 5.74) is 1.94. The second kappa shape index (κ2) is 5.28. The predicted octanol–water partition coefficient (Wildman–Crippen LogP) is 5.03. The zero-order chi connectivity index (χ0) is 14.4. The summed E-state index contributed by atoms with van der Waals surface area (Å²) >= 11 is 5.96. The van der Waals surface area contributed by atoms with E-state index in [9.17, 15) is 0 Å². The monoisotopic (exact) mass is 303 g/mol. The molecule has 4 fully saturated rings. The van der Waals surface area contributed by atoms with Crippen LogP contribution in [0.2, 0.25) is 5.02 Å². The van der Waals surface area contributed by atoms with E-state index in [0.29, 0.717) is 11.5 Å². The van der Waals surface area contributed by atoms with Crippen molar-refractivity contribution in [3.8, 4) is 0 Å². The van der Waals surface area contributed by atoms with Gasteiger partial charge in [0.15, 0.2) is 0 Å². The Morgan fingerprint density at radius 3 is 2.10 bits per heavy atom. The van der Waals surface area contributed by atoms with Gasteiger partial charge >= 0.3 is 0 Å². The Hall–Kier alpha value is -0.530. The third-order valence-corrected chi connectivity index (χ3v) is 6.78. The van der Waals surface area contributed by atoms with Crippen LogP contribution in [0.1, 0.15) is 51.0 Å². The lowest BCUT2D eigenvalue weighted by molar-refractivity contribution is -0.0706. The van der Waals surface area contributed by atoms with Gasteiger partial charge in [0, 0.05) is 17.6 Å². The van der Waals surface area contributed by atoms with Gasteiger partial charge in [-0.15, -0.1) is 0 Å². The molecule has 21 heavy (non-hydrogen) atoms. The van der Waals surface area contributed by atoms with Crippen molar-refractivity contribution in [1.82, 2.24) is 5.32 Å². The summed E-state index contributed by atoms with van der Waals surface area (Å²) in [5, 5.41) is 4.66. The normalized spacial score (nSPS) is 38.7. The molecule has 114 valence electrons. The van der Waals surface area contributed by atoms with Crippen molar-refractivity contribution in [1.29, 1.82) is 0 Å². The van der Waals surface area contributed by atoms with E-state index in [1.54, 1.807) is 0 Å². The number of rotatable bonds is 4. The van der Waals surface area contributed by atoms with Gasteiger partial charge in [-0.05, 0) is 86.3 Å². The number of benzene rings is 1. The first-order valence-corrected chi connectivity index (χ1v) is 8.99. The van der Waals surface area contributed by atoms with Crippen LogP contribution in [0.5, 0.6) is 0 Å². The van der Waals surface area contributed by atoms with Gasteiger partial charge in [-0.1, -0.05) is 23.7 Å². The second-order valence-corrected chi connectivity index (χ2v) is 8.45. The topological polar surface area (TPSA) is 12.0 Å². The molecule has 0 aliphatic heterocycles. The highest BCUT2D eigenvalue weighted by molar-refractivity contribution is 6.30. The molecule has 1 N–H and O–H groups in total. The Labute approximate surface area is 133 Å². The van der Waals surface area contributed by atoms with E-state index in [4.69, 9.17) is 11.6 Å². The minimum atomic E-state index is 0.598. The zero-order valence-electron chi connectivity index (χ0n) is 12.9. The van der Waals surface area contributed by atoms with Gasteiger partial charge < -0.3 is 5.32 Å². The van der Waals surface area contributed by atoms with Gasteiger partial charge in [-0.3, -0.25) is 0 Å². The van der Waals surface area contributed by atoms with Crippen LogP contribution >= 0.6 is 11.6 Å². The van der Waals surface area contributed by atoms with Crippen LogP contribution in [-0.2, 0) is 6.54 Å². The summed E-state index contributed by atoms with van der Waals surface area (Å²) < 4.78 is 0. The van der Waals surface area contributed by atoms with E-state index in [-0.39, 0.29) is 0 Å². The average molecular weight is 304 g/mol. The number of halogens is 1. The predicted molar refractivity (Wildman–Crippen MR) is 88.4 cm³/mol. The Bertz CT molecular complexity index is 472. The van der Waals surface area contributed by atoms with Crippen LogP contribution in [0.4, 0.5) is 0 Å². The molecular weight excluding hydrogens is 278 g/mol. The lowest BCUT2D eigenvalue weighted by Crippen LogP contribution is -2.54. The molecule has 0 aromatic heterocycles. The highest BCUT2D eigenvalue weighted by Crippen LogP contribution is 2.61. The number of hydrogen-bond acceptors (Lipinski definition) is 1. The summed E-state index contributed by atoms with van der Waals surface area (Å²) in [4.78, 5) is 0. The molecule has 4 aliphatic carbocycles. The maximum Gasteiger partial charge on any atom is 0.0406 e. The molecule has 0 spiro atoms. The molecule has 1 aromatic rings. The zero-order valence-corrected chi connectivity index (χ0v) is 13.7. The molecule has 0 radical (unpaired) electrons. The fourth-order valence-electron chi connectivity index (χ4n) is 5.80. The highest BCUT2D eigenvalue weighted by Gasteiger charge is 2.52. The molecule has 4 saturated carbocycles. The molecule has 1 nitrogen and oxygen atoms in total. The van der Waals surface area contributed by atoms with Crippen molar-refractivity contribution in [3.63, 3.8) is 0 Å². The van der Waals surface area contributed by atoms with Gasteiger partial charge in [0.1, 0.15) is 0 Å². The number of hydrogen-bond donors (Lipinski definition) is 1. The van der Waals surface area contributed by atoms with E-state index < -0.39 is 0 Å². The van der Waals surface area contributed by atoms with Crippen molar-refractivity contribution in [2.24, 2.45) is 23.2 Å². The van der Waals surface area contributed by atoms with Crippen molar-refractivity contribution in [3.05, 3.63) is 34.9 Å². The molecule has 4 aliphatic rings. The van der Waals surface area contributed by atoms with Gasteiger partial charge in [-0.2, -0.15) is 0 Å². The largest absolute Gasteiger partial charge is 0.310 e. The first-order valence-electron chi connectivity index (χ1n) is 8.61. The van der Waals surface area contributed by atoms with E-state index in [1.807, 2.05) is 12.1 Å². The minimum absolute atomic E-state index is 0.598. The quantitative estimate of drug-likeness (QED) is 0.822. The van der Waals surface area contributed by atoms with E-state index in [1.165, 1.54) is 44.1 Å². The maximum atomic E-state index is 5.96. The van der Waals surface area contributed by atoms with Crippen LogP contribution < -0.4 is 5.32 Å². The molecule has 5 rings (SSSR count). The lowest BCUT2D eigenvalue weighted by Gasteiger charge is -2.59. The molecule has 0 amide bonds. The van der Waals surface area contributed by atoms with Gasteiger partial charge in [0.05, 0.1) is 0 Å². The Balaban J connectivity index is 1.42. The maximum absolute atomic E-state index is 5.96. The van der Waals surface area contributed by atoms with E-state index in [0.717, 1.165) is 29.3 Å². The summed E-state index contributed by atoms with van der Waals surface area (Å²) in [6.07, 6.45) is 9.03. The SMILES string of the molecule is C[C@H](NCc1ccc(Cl)cc1)C12CC3CC(CC(C3)C1)C2. The second-order valence-electron chi connectivity index (χ2n) is 8.01. The molecule has 0 saturated heterocycles. The minimum Gasteiger partial charge on any atom is -0.310 e. The Morgan fingerprint density at radius 2 is 1.57 bits per heavy atom. The molecule has 1 aromatic carbocycles. The summed E-state index contributed by atoms with van der Waals surface area (Å²) in [6, 6.07) is 8.91. The molecule has 1 atom stereocenters. The van der Waals surface area contributed by atoms with Gasteiger partial charge in [0.25, 0.3) is 0 Å². The summed E-state index contributed by atoms with van der Waals surface area (Å²) in [7, 11) is 0. The Kier molecular flexibility index (Phi) is 3.54. The molecule has 0 unspecified atom stereocenters. The standard InChI is InChI=1S/C19H26ClN/c1-13(21-12-14-2-4-18(20)5-3-14)19-9-15-6-16(10-19)8-17(7-15)11-19/h2-5,13,15-17,21H,6-12H2,1H3/t13-,15?,16?,17?,19?/m0/s1. The summed E-state index contributed by atoms with van der Waals surface area (Å²) in [6.45, 7) is 3.41. The molecule has 4 bridgehead atoms. The van der Waals surface area contributed by atoms with Crippen molar-refractivity contribution < 1.29 is 0 Å². The highest BCUT2D eigenvalue weighted by atomic mass is 35.5. The van der Waals surface area contributed by atoms with Gasteiger partial charge in [0.2, 0.25) is 0 Å². The first kappa shape index (κ1) is 14.1. The Morgan fingerprint density at radius 1 is 1.05 bits per heavy atom. The third-order valence-electron chi connectivity index (χ3n) is 6.53. The van der Waals surface area contributed by atoms with Crippen LogP contribution in [0.25, 0.3) is 0 Å². The fraction of sp³-hybridized carbons (Fsp3) is 0.684. The van der Waals surface area contributed by atoms with Crippen LogP contribution in [0, 0.1) is 23.2 Å². The average Bonchev–Trinajstić information content (AvgIpc) is 2.45. The van der Waals surface area contributed by atoms with Crippen LogP contribution in [-0.4, -0.2) is 6.04 Å². The molecule has 0 heterocycles. The smallest absolute Gasteiger partial charge is 0.0406 e. The molecule has 2 heteroatoms. The van der Waals surface area contributed by atoms with Crippen LogP contribution in [0.15, 0.2) is 24.3 Å².